The minimum Gasteiger partial charge on any atom is -0.355 e. The van der Waals surface area contributed by atoms with E-state index in [-0.39, 0.29) is 24.3 Å². The van der Waals surface area contributed by atoms with E-state index in [1.807, 2.05) is 44.2 Å². The number of rotatable bonds is 7. The first-order valence-corrected chi connectivity index (χ1v) is 7.29. The van der Waals surface area contributed by atoms with Gasteiger partial charge in [-0.1, -0.05) is 30.3 Å². The second-order valence-corrected chi connectivity index (χ2v) is 5.59. The van der Waals surface area contributed by atoms with Gasteiger partial charge in [0.25, 0.3) is 0 Å². The Morgan fingerprint density at radius 2 is 1.85 bits per heavy atom. The fourth-order valence-corrected chi connectivity index (χ4v) is 2.04. The standard InChI is InChI=1S/C15H22N2O2S/c1-11(2)17-14(18)8-9-16-15(19)13(20)10-12-6-4-3-5-7-12/h3-7,11,13,20H,8-10H2,1-2H3,(H,16,19)(H,17,18). The Hall–Kier alpha value is -1.49. The van der Waals surface area contributed by atoms with E-state index in [1.165, 1.54) is 0 Å². The van der Waals surface area contributed by atoms with Crippen molar-refractivity contribution in [3.05, 3.63) is 35.9 Å². The van der Waals surface area contributed by atoms with Gasteiger partial charge in [-0.25, -0.2) is 0 Å². The van der Waals surface area contributed by atoms with Crippen molar-refractivity contribution in [2.24, 2.45) is 0 Å². The molecule has 0 aromatic heterocycles. The van der Waals surface area contributed by atoms with Crippen LogP contribution in [0.2, 0.25) is 0 Å². The summed E-state index contributed by atoms with van der Waals surface area (Å²) in [6, 6.07) is 9.85. The molecular weight excluding hydrogens is 272 g/mol. The predicted octanol–water partition coefficient (Wildman–Crippen LogP) is 1.56. The van der Waals surface area contributed by atoms with Gasteiger partial charge in [-0.15, -0.1) is 0 Å². The van der Waals surface area contributed by atoms with Gasteiger partial charge in [-0.2, -0.15) is 12.6 Å². The van der Waals surface area contributed by atoms with Crippen molar-refractivity contribution >= 4 is 24.4 Å². The Kier molecular flexibility index (Phi) is 7.15. The Labute approximate surface area is 125 Å². The fraction of sp³-hybridized carbons (Fsp3) is 0.467. The summed E-state index contributed by atoms with van der Waals surface area (Å²) in [6.45, 7) is 4.14. The molecule has 110 valence electrons. The smallest absolute Gasteiger partial charge is 0.233 e. The minimum absolute atomic E-state index is 0.0564. The summed E-state index contributed by atoms with van der Waals surface area (Å²) in [5.41, 5.74) is 1.07. The van der Waals surface area contributed by atoms with Crippen molar-refractivity contribution < 1.29 is 9.59 Å². The van der Waals surface area contributed by atoms with Crippen molar-refractivity contribution in [3.63, 3.8) is 0 Å². The highest BCUT2D eigenvalue weighted by atomic mass is 32.1. The highest BCUT2D eigenvalue weighted by Gasteiger charge is 2.14. The molecule has 1 unspecified atom stereocenters. The van der Waals surface area contributed by atoms with Crippen LogP contribution < -0.4 is 10.6 Å². The van der Waals surface area contributed by atoms with Crippen LogP contribution >= 0.6 is 12.6 Å². The SMILES string of the molecule is CC(C)NC(=O)CCNC(=O)C(S)Cc1ccccc1. The molecule has 0 saturated carbocycles. The number of carbonyl (C=O) groups excluding carboxylic acids is 2. The number of carbonyl (C=O) groups is 2. The molecule has 1 aromatic carbocycles. The van der Waals surface area contributed by atoms with Crippen molar-refractivity contribution in [2.75, 3.05) is 6.54 Å². The summed E-state index contributed by atoms with van der Waals surface area (Å²) in [5, 5.41) is 5.11. The van der Waals surface area contributed by atoms with E-state index in [0.29, 0.717) is 13.0 Å². The molecule has 0 aliphatic carbocycles. The third-order valence-corrected chi connectivity index (χ3v) is 3.09. The van der Waals surface area contributed by atoms with Gasteiger partial charge in [-0.3, -0.25) is 9.59 Å². The van der Waals surface area contributed by atoms with Gasteiger partial charge in [0.1, 0.15) is 0 Å². The van der Waals surface area contributed by atoms with Crippen molar-refractivity contribution in [3.8, 4) is 0 Å². The van der Waals surface area contributed by atoms with Gasteiger partial charge in [-0.05, 0) is 25.8 Å². The summed E-state index contributed by atoms with van der Waals surface area (Å²) in [7, 11) is 0. The molecule has 2 amide bonds. The molecule has 0 radical (unpaired) electrons. The molecule has 1 aromatic rings. The Balaban J connectivity index is 2.27. The molecule has 0 fully saturated rings. The van der Waals surface area contributed by atoms with Gasteiger partial charge in [0.2, 0.25) is 11.8 Å². The Bertz CT molecular complexity index is 435. The topological polar surface area (TPSA) is 58.2 Å². The summed E-state index contributed by atoms with van der Waals surface area (Å²) in [4.78, 5) is 23.2. The quantitative estimate of drug-likeness (QED) is 0.668. The van der Waals surface area contributed by atoms with Crippen LogP contribution in [0.5, 0.6) is 0 Å². The average Bonchev–Trinajstić information content (AvgIpc) is 2.38. The molecule has 2 N–H and O–H groups in total. The molecule has 0 aliphatic heterocycles. The maximum atomic E-state index is 11.8. The highest BCUT2D eigenvalue weighted by molar-refractivity contribution is 7.81. The third-order valence-electron chi connectivity index (χ3n) is 2.68. The van der Waals surface area contributed by atoms with E-state index in [0.717, 1.165) is 5.56 Å². The monoisotopic (exact) mass is 294 g/mol. The number of hydrogen-bond donors (Lipinski definition) is 3. The van der Waals surface area contributed by atoms with Crippen LogP contribution in [-0.2, 0) is 16.0 Å². The predicted molar refractivity (Wildman–Crippen MR) is 83.8 cm³/mol. The Morgan fingerprint density at radius 3 is 2.45 bits per heavy atom. The highest BCUT2D eigenvalue weighted by Crippen LogP contribution is 2.07. The first-order valence-electron chi connectivity index (χ1n) is 6.78. The average molecular weight is 294 g/mol. The molecule has 4 nitrogen and oxygen atoms in total. The van der Waals surface area contributed by atoms with Crippen molar-refractivity contribution in [1.29, 1.82) is 0 Å². The lowest BCUT2D eigenvalue weighted by molar-refractivity contribution is -0.122. The first-order chi connectivity index (χ1) is 9.49. The van der Waals surface area contributed by atoms with Crippen LogP contribution in [0.25, 0.3) is 0 Å². The zero-order valence-electron chi connectivity index (χ0n) is 11.9. The maximum absolute atomic E-state index is 11.8. The van der Waals surface area contributed by atoms with Crippen LogP contribution in [0.4, 0.5) is 0 Å². The van der Waals surface area contributed by atoms with E-state index in [1.54, 1.807) is 0 Å². The number of thiol groups is 1. The largest absolute Gasteiger partial charge is 0.355 e. The lowest BCUT2D eigenvalue weighted by Crippen LogP contribution is -2.37. The van der Waals surface area contributed by atoms with E-state index in [4.69, 9.17) is 0 Å². The second-order valence-electron chi connectivity index (χ2n) is 4.97. The van der Waals surface area contributed by atoms with E-state index < -0.39 is 5.25 Å². The molecule has 0 heterocycles. The fourth-order valence-electron chi connectivity index (χ4n) is 1.74. The summed E-state index contributed by atoms with van der Waals surface area (Å²) in [5.74, 6) is -0.200. The van der Waals surface area contributed by atoms with Gasteiger partial charge < -0.3 is 10.6 Å². The lowest BCUT2D eigenvalue weighted by atomic mass is 10.1. The maximum Gasteiger partial charge on any atom is 0.233 e. The number of amides is 2. The normalized spacial score (nSPS) is 12.0. The molecular formula is C15H22N2O2S. The molecule has 5 heteroatoms. The zero-order chi connectivity index (χ0) is 15.0. The van der Waals surface area contributed by atoms with Gasteiger partial charge in [0.15, 0.2) is 0 Å². The van der Waals surface area contributed by atoms with Crippen LogP contribution in [0.15, 0.2) is 30.3 Å². The van der Waals surface area contributed by atoms with Crippen molar-refractivity contribution in [1.82, 2.24) is 10.6 Å². The lowest BCUT2D eigenvalue weighted by Gasteiger charge is -2.12. The zero-order valence-corrected chi connectivity index (χ0v) is 12.8. The van der Waals surface area contributed by atoms with Crippen LogP contribution in [0.1, 0.15) is 25.8 Å². The van der Waals surface area contributed by atoms with Crippen LogP contribution in [0, 0.1) is 0 Å². The molecule has 0 aliphatic rings. The van der Waals surface area contributed by atoms with Gasteiger partial charge in [0, 0.05) is 19.0 Å². The van der Waals surface area contributed by atoms with Crippen molar-refractivity contribution in [2.45, 2.75) is 38.0 Å². The molecule has 1 rings (SSSR count). The number of hydrogen-bond acceptors (Lipinski definition) is 3. The summed E-state index contributed by atoms with van der Waals surface area (Å²) < 4.78 is 0. The Morgan fingerprint density at radius 1 is 1.20 bits per heavy atom. The van der Waals surface area contributed by atoms with Gasteiger partial charge in [0.05, 0.1) is 5.25 Å². The number of benzene rings is 1. The van der Waals surface area contributed by atoms with Crippen LogP contribution in [0.3, 0.4) is 0 Å². The van der Waals surface area contributed by atoms with Crippen LogP contribution in [-0.4, -0.2) is 29.7 Å². The van der Waals surface area contributed by atoms with E-state index in [9.17, 15) is 9.59 Å². The van der Waals surface area contributed by atoms with E-state index in [2.05, 4.69) is 23.3 Å². The first kappa shape index (κ1) is 16.6. The summed E-state index contributed by atoms with van der Waals surface area (Å²) >= 11 is 4.30. The molecule has 0 saturated heterocycles. The molecule has 0 spiro atoms. The summed E-state index contributed by atoms with van der Waals surface area (Å²) in [6.07, 6.45) is 0.865. The molecule has 1 atom stereocenters. The van der Waals surface area contributed by atoms with Gasteiger partial charge >= 0.3 is 0 Å². The number of nitrogens with one attached hydrogen (secondary N) is 2. The molecule has 20 heavy (non-hydrogen) atoms. The molecule has 0 bridgehead atoms. The van der Waals surface area contributed by atoms with E-state index >= 15 is 0 Å². The third kappa shape index (κ3) is 6.61. The minimum atomic E-state index is -0.398. The second kappa shape index (κ2) is 8.64.